The maximum atomic E-state index is 13.3. The standard InChI is InChI=1S/C25H20FN3O2/c26-18-11-13-19(14-12-18)28-24(30)16-22(25(28)31)29-21-9-5-4-8-20(21)27-23(29)15-10-17-6-2-1-3-7-17/h1-9,11-14,22H,10,15-16H2/t22-/m1/s1. The van der Waals surface area contributed by atoms with Crippen molar-refractivity contribution in [2.45, 2.75) is 25.3 Å². The fraction of sp³-hybridized carbons (Fsp3) is 0.160. The van der Waals surface area contributed by atoms with E-state index in [2.05, 4.69) is 12.1 Å². The predicted octanol–water partition coefficient (Wildman–Crippen LogP) is 4.47. The molecular weight excluding hydrogens is 393 g/mol. The molecular formula is C25H20FN3O2. The van der Waals surface area contributed by atoms with E-state index in [1.54, 1.807) is 0 Å². The number of rotatable bonds is 5. The summed E-state index contributed by atoms with van der Waals surface area (Å²) in [6.45, 7) is 0. The number of imidazole rings is 1. The molecule has 5 rings (SSSR count). The molecule has 0 aliphatic carbocycles. The third-order valence-corrected chi connectivity index (χ3v) is 5.67. The Morgan fingerprint density at radius 2 is 1.58 bits per heavy atom. The molecule has 0 saturated carbocycles. The number of carbonyl (C=O) groups excluding carboxylic acids is 2. The molecule has 1 atom stereocenters. The second-order valence-corrected chi connectivity index (χ2v) is 7.64. The molecule has 0 radical (unpaired) electrons. The van der Waals surface area contributed by atoms with Crippen LogP contribution in [0, 0.1) is 5.82 Å². The van der Waals surface area contributed by atoms with Gasteiger partial charge in [-0.15, -0.1) is 0 Å². The van der Waals surface area contributed by atoms with Crippen LogP contribution in [-0.2, 0) is 22.4 Å². The first-order valence-electron chi connectivity index (χ1n) is 10.2. The van der Waals surface area contributed by atoms with Crippen LogP contribution in [0.15, 0.2) is 78.9 Å². The summed E-state index contributed by atoms with van der Waals surface area (Å²) in [5, 5.41) is 0. The van der Waals surface area contributed by atoms with Gasteiger partial charge in [-0.3, -0.25) is 9.59 Å². The molecule has 0 unspecified atom stereocenters. The molecule has 6 heteroatoms. The van der Waals surface area contributed by atoms with Crippen molar-refractivity contribution in [1.82, 2.24) is 9.55 Å². The maximum Gasteiger partial charge on any atom is 0.257 e. The summed E-state index contributed by atoms with van der Waals surface area (Å²) in [5.41, 5.74) is 3.20. The van der Waals surface area contributed by atoms with Crippen LogP contribution in [0.25, 0.3) is 11.0 Å². The van der Waals surface area contributed by atoms with Gasteiger partial charge in [-0.1, -0.05) is 42.5 Å². The van der Waals surface area contributed by atoms with Crippen molar-refractivity contribution in [2.24, 2.45) is 0 Å². The average Bonchev–Trinajstić information content (AvgIpc) is 3.30. The molecule has 154 valence electrons. The molecule has 3 aromatic carbocycles. The highest BCUT2D eigenvalue weighted by molar-refractivity contribution is 6.21. The Kier molecular flexibility index (Phi) is 4.82. The number of hydrogen-bond donors (Lipinski definition) is 0. The second kappa shape index (κ2) is 7.80. The Hall–Kier alpha value is -3.80. The van der Waals surface area contributed by atoms with Crippen molar-refractivity contribution in [2.75, 3.05) is 4.90 Å². The molecule has 1 saturated heterocycles. The lowest BCUT2D eigenvalue weighted by Gasteiger charge is -2.17. The summed E-state index contributed by atoms with van der Waals surface area (Å²) < 4.78 is 15.2. The second-order valence-electron chi connectivity index (χ2n) is 7.64. The lowest BCUT2D eigenvalue weighted by Crippen LogP contribution is -2.31. The zero-order valence-electron chi connectivity index (χ0n) is 16.7. The molecule has 1 aromatic heterocycles. The zero-order valence-corrected chi connectivity index (χ0v) is 16.7. The van der Waals surface area contributed by atoms with Crippen LogP contribution in [0.2, 0.25) is 0 Å². The van der Waals surface area contributed by atoms with E-state index in [0.717, 1.165) is 28.2 Å². The summed E-state index contributed by atoms with van der Waals surface area (Å²) in [5.74, 6) is -0.255. The van der Waals surface area contributed by atoms with Gasteiger partial charge in [0.2, 0.25) is 5.91 Å². The number of imide groups is 1. The summed E-state index contributed by atoms with van der Waals surface area (Å²) in [6, 6.07) is 22.5. The van der Waals surface area contributed by atoms with E-state index < -0.39 is 11.9 Å². The Bertz CT molecular complexity index is 1270. The number of para-hydroxylation sites is 2. The van der Waals surface area contributed by atoms with Gasteiger partial charge in [0.1, 0.15) is 17.7 Å². The molecule has 1 fully saturated rings. The van der Waals surface area contributed by atoms with Gasteiger partial charge in [0.25, 0.3) is 5.91 Å². The van der Waals surface area contributed by atoms with Gasteiger partial charge < -0.3 is 4.57 Å². The van der Waals surface area contributed by atoms with Crippen LogP contribution in [0.4, 0.5) is 10.1 Å². The van der Waals surface area contributed by atoms with E-state index in [4.69, 9.17) is 4.98 Å². The fourth-order valence-corrected chi connectivity index (χ4v) is 4.20. The van der Waals surface area contributed by atoms with Gasteiger partial charge in [-0.05, 0) is 48.4 Å². The van der Waals surface area contributed by atoms with Gasteiger partial charge in [0.05, 0.1) is 23.1 Å². The number of aryl methyl sites for hydroxylation is 2. The van der Waals surface area contributed by atoms with Gasteiger partial charge in [-0.2, -0.15) is 0 Å². The Labute approximate surface area is 178 Å². The lowest BCUT2D eigenvalue weighted by atomic mass is 10.1. The molecule has 2 amide bonds. The number of hydrogen-bond acceptors (Lipinski definition) is 3. The van der Waals surface area contributed by atoms with Gasteiger partial charge >= 0.3 is 0 Å². The quantitative estimate of drug-likeness (QED) is 0.454. The third-order valence-electron chi connectivity index (χ3n) is 5.67. The molecule has 4 aromatic rings. The summed E-state index contributed by atoms with van der Waals surface area (Å²) in [6.07, 6.45) is 1.48. The molecule has 0 spiro atoms. The minimum absolute atomic E-state index is 0.0505. The van der Waals surface area contributed by atoms with Crippen LogP contribution < -0.4 is 4.90 Å². The van der Waals surface area contributed by atoms with Crippen molar-refractivity contribution in [1.29, 1.82) is 0 Å². The number of halogens is 1. The molecule has 1 aliphatic rings. The molecule has 5 nitrogen and oxygen atoms in total. The number of benzene rings is 3. The first kappa shape index (κ1) is 19.2. The monoisotopic (exact) mass is 413 g/mol. The summed E-state index contributed by atoms with van der Waals surface area (Å²) in [7, 11) is 0. The first-order chi connectivity index (χ1) is 15.1. The van der Waals surface area contributed by atoms with E-state index in [0.29, 0.717) is 12.1 Å². The van der Waals surface area contributed by atoms with Crippen LogP contribution in [-0.4, -0.2) is 21.4 Å². The Morgan fingerprint density at radius 1 is 0.871 bits per heavy atom. The minimum atomic E-state index is -0.671. The van der Waals surface area contributed by atoms with E-state index in [1.807, 2.05) is 47.0 Å². The molecule has 0 N–H and O–H groups in total. The van der Waals surface area contributed by atoms with Gasteiger partial charge in [-0.25, -0.2) is 14.3 Å². The molecule has 31 heavy (non-hydrogen) atoms. The third kappa shape index (κ3) is 3.50. The number of anilines is 1. The number of amides is 2. The highest BCUT2D eigenvalue weighted by Gasteiger charge is 2.42. The maximum absolute atomic E-state index is 13.3. The van der Waals surface area contributed by atoms with Crippen molar-refractivity contribution in [3.8, 4) is 0 Å². The van der Waals surface area contributed by atoms with Gasteiger partial charge in [0.15, 0.2) is 0 Å². The fourth-order valence-electron chi connectivity index (χ4n) is 4.20. The van der Waals surface area contributed by atoms with Crippen molar-refractivity contribution in [3.05, 3.63) is 96.1 Å². The van der Waals surface area contributed by atoms with Gasteiger partial charge in [0, 0.05) is 6.42 Å². The topological polar surface area (TPSA) is 55.2 Å². The van der Waals surface area contributed by atoms with E-state index in [-0.39, 0.29) is 18.2 Å². The number of fused-ring (bicyclic) bond motifs is 1. The van der Waals surface area contributed by atoms with Crippen molar-refractivity contribution >= 4 is 28.5 Å². The van der Waals surface area contributed by atoms with Crippen LogP contribution in [0.5, 0.6) is 0 Å². The number of nitrogens with zero attached hydrogens (tertiary/aromatic N) is 3. The normalized spacial score (nSPS) is 16.4. The highest BCUT2D eigenvalue weighted by atomic mass is 19.1. The highest BCUT2D eigenvalue weighted by Crippen LogP contribution is 2.33. The van der Waals surface area contributed by atoms with E-state index in [9.17, 15) is 14.0 Å². The SMILES string of the molecule is O=C1C[C@@H](n2c(CCc3ccccc3)nc3ccccc32)C(=O)N1c1ccc(F)cc1. The molecule has 1 aliphatic heterocycles. The largest absolute Gasteiger partial charge is 0.315 e. The van der Waals surface area contributed by atoms with E-state index in [1.165, 1.54) is 29.8 Å². The summed E-state index contributed by atoms with van der Waals surface area (Å²) in [4.78, 5) is 32.0. The van der Waals surface area contributed by atoms with Crippen LogP contribution in [0.3, 0.4) is 0 Å². The number of carbonyl (C=O) groups is 2. The lowest BCUT2D eigenvalue weighted by molar-refractivity contribution is -0.122. The average molecular weight is 413 g/mol. The molecule has 2 heterocycles. The zero-order chi connectivity index (χ0) is 21.4. The Balaban J connectivity index is 1.52. The molecule has 0 bridgehead atoms. The van der Waals surface area contributed by atoms with E-state index >= 15 is 0 Å². The summed E-state index contributed by atoms with van der Waals surface area (Å²) >= 11 is 0. The van der Waals surface area contributed by atoms with Crippen LogP contribution in [0.1, 0.15) is 23.9 Å². The number of aromatic nitrogens is 2. The first-order valence-corrected chi connectivity index (χ1v) is 10.2. The van der Waals surface area contributed by atoms with Crippen molar-refractivity contribution in [3.63, 3.8) is 0 Å². The predicted molar refractivity (Wildman–Crippen MR) is 116 cm³/mol. The minimum Gasteiger partial charge on any atom is -0.315 e. The van der Waals surface area contributed by atoms with Crippen LogP contribution >= 0.6 is 0 Å². The smallest absolute Gasteiger partial charge is 0.257 e. The Morgan fingerprint density at radius 3 is 2.35 bits per heavy atom. The van der Waals surface area contributed by atoms with Crippen molar-refractivity contribution < 1.29 is 14.0 Å².